The summed E-state index contributed by atoms with van der Waals surface area (Å²) in [5.41, 5.74) is 6.85. The van der Waals surface area contributed by atoms with E-state index in [2.05, 4.69) is 4.98 Å². The Morgan fingerprint density at radius 3 is 2.75 bits per heavy atom. The van der Waals surface area contributed by atoms with Gasteiger partial charge in [-0.05, 0) is 17.7 Å². The van der Waals surface area contributed by atoms with Gasteiger partial charge in [-0.1, -0.05) is 0 Å². The van der Waals surface area contributed by atoms with Gasteiger partial charge in [-0.15, -0.1) is 0 Å². The van der Waals surface area contributed by atoms with Gasteiger partial charge in [0.25, 0.3) is 0 Å². The molecular formula is C10H13F3N2O. The van der Waals surface area contributed by atoms with Gasteiger partial charge < -0.3 is 10.5 Å². The van der Waals surface area contributed by atoms with Crippen LogP contribution >= 0.6 is 0 Å². The van der Waals surface area contributed by atoms with E-state index in [4.69, 9.17) is 10.5 Å². The average molecular weight is 234 g/mol. The van der Waals surface area contributed by atoms with Crippen LogP contribution in [-0.2, 0) is 17.9 Å². The van der Waals surface area contributed by atoms with E-state index in [1.807, 2.05) is 0 Å². The number of halogens is 3. The van der Waals surface area contributed by atoms with Crippen LogP contribution in [0.4, 0.5) is 13.2 Å². The molecular weight excluding hydrogens is 221 g/mol. The number of hydrogen-bond acceptors (Lipinski definition) is 3. The van der Waals surface area contributed by atoms with E-state index in [0.29, 0.717) is 12.2 Å². The van der Waals surface area contributed by atoms with Crippen LogP contribution in [-0.4, -0.2) is 17.8 Å². The molecule has 16 heavy (non-hydrogen) atoms. The van der Waals surface area contributed by atoms with E-state index in [9.17, 15) is 13.2 Å². The third kappa shape index (κ3) is 5.09. The molecule has 0 saturated heterocycles. The predicted octanol–water partition coefficient (Wildman–Crippen LogP) is 2.01. The van der Waals surface area contributed by atoms with E-state index >= 15 is 0 Å². The predicted molar refractivity (Wildman–Crippen MR) is 52.5 cm³/mol. The second-order valence-electron chi connectivity index (χ2n) is 3.28. The molecule has 90 valence electrons. The molecule has 0 atom stereocenters. The van der Waals surface area contributed by atoms with Crippen molar-refractivity contribution in [1.29, 1.82) is 0 Å². The minimum atomic E-state index is -4.17. The van der Waals surface area contributed by atoms with Crippen molar-refractivity contribution in [3.05, 3.63) is 29.6 Å². The summed E-state index contributed by atoms with van der Waals surface area (Å²) in [4.78, 5) is 3.96. The molecule has 0 radical (unpaired) electrons. The van der Waals surface area contributed by atoms with E-state index < -0.39 is 12.6 Å². The average Bonchev–Trinajstić information content (AvgIpc) is 2.23. The van der Waals surface area contributed by atoms with Crippen LogP contribution in [0.5, 0.6) is 0 Å². The Morgan fingerprint density at radius 1 is 1.38 bits per heavy atom. The van der Waals surface area contributed by atoms with Crippen LogP contribution in [0, 0.1) is 0 Å². The quantitative estimate of drug-likeness (QED) is 0.793. The van der Waals surface area contributed by atoms with Gasteiger partial charge in [-0.2, -0.15) is 13.2 Å². The summed E-state index contributed by atoms with van der Waals surface area (Å²) in [6.45, 7) is 0.117. The molecule has 1 aromatic heterocycles. The van der Waals surface area contributed by atoms with Crippen molar-refractivity contribution < 1.29 is 17.9 Å². The number of rotatable bonds is 5. The van der Waals surface area contributed by atoms with Crippen LogP contribution < -0.4 is 5.73 Å². The van der Waals surface area contributed by atoms with Crippen LogP contribution in [0.2, 0.25) is 0 Å². The minimum absolute atomic E-state index is 0.144. The van der Waals surface area contributed by atoms with E-state index in [0.717, 1.165) is 5.56 Å². The molecule has 1 heterocycles. The highest BCUT2D eigenvalue weighted by Crippen LogP contribution is 2.19. The molecule has 3 nitrogen and oxygen atoms in total. The van der Waals surface area contributed by atoms with E-state index in [1.165, 1.54) is 0 Å². The van der Waals surface area contributed by atoms with Crippen LogP contribution in [0.1, 0.15) is 17.7 Å². The first-order chi connectivity index (χ1) is 7.51. The Labute approximate surface area is 91.4 Å². The Balaban J connectivity index is 2.32. The summed E-state index contributed by atoms with van der Waals surface area (Å²) in [6.07, 6.45) is -3.53. The number of aromatic nitrogens is 1. The van der Waals surface area contributed by atoms with Crippen LogP contribution in [0.15, 0.2) is 18.3 Å². The standard InChI is InChI=1S/C10H13F3N2O/c11-10(12,13)2-4-16-7-8-1-3-15-9(5-8)6-14/h1,3,5H,2,4,6-7,14H2. The zero-order valence-electron chi connectivity index (χ0n) is 8.63. The Bertz CT molecular complexity index is 328. The SMILES string of the molecule is NCc1cc(COCCC(F)(F)F)ccn1. The molecule has 0 fully saturated rings. The zero-order valence-corrected chi connectivity index (χ0v) is 8.63. The third-order valence-electron chi connectivity index (χ3n) is 1.89. The molecule has 0 bridgehead atoms. The molecule has 0 unspecified atom stereocenters. The van der Waals surface area contributed by atoms with Gasteiger partial charge in [0, 0.05) is 12.7 Å². The molecule has 0 amide bonds. The summed E-state index contributed by atoms with van der Waals surface area (Å²) in [5.74, 6) is 0. The maximum Gasteiger partial charge on any atom is 0.391 e. The van der Waals surface area contributed by atoms with Gasteiger partial charge in [0.05, 0.1) is 25.3 Å². The minimum Gasteiger partial charge on any atom is -0.376 e. The first kappa shape index (κ1) is 12.9. The highest BCUT2D eigenvalue weighted by molar-refractivity contribution is 5.15. The van der Waals surface area contributed by atoms with Gasteiger partial charge >= 0.3 is 6.18 Å². The fourth-order valence-corrected chi connectivity index (χ4v) is 1.11. The van der Waals surface area contributed by atoms with Crippen LogP contribution in [0.3, 0.4) is 0 Å². The Morgan fingerprint density at radius 2 is 2.12 bits per heavy atom. The second kappa shape index (κ2) is 5.81. The van der Waals surface area contributed by atoms with Crippen molar-refractivity contribution in [2.75, 3.05) is 6.61 Å². The normalized spacial score (nSPS) is 11.8. The summed E-state index contributed by atoms with van der Waals surface area (Å²) >= 11 is 0. The number of pyridine rings is 1. The van der Waals surface area contributed by atoms with E-state index in [-0.39, 0.29) is 13.2 Å². The highest BCUT2D eigenvalue weighted by Gasteiger charge is 2.26. The van der Waals surface area contributed by atoms with Crippen molar-refractivity contribution >= 4 is 0 Å². The lowest BCUT2D eigenvalue weighted by atomic mass is 10.2. The lowest BCUT2D eigenvalue weighted by molar-refractivity contribution is -0.146. The lowest BCUT2D eigenvalue weighted by Gasteiger charge is -2.07. The fourth-order valence-electron chi connectivity index (χ4n) is 1.11. The van der Waals surface area contributed by atoms with Gasteiger partial charge in [-0.3, -0.25) is 4.98 Å². The summed E-state index contributed by atoms with van der Waals surface area (Å²) < 4.78 is 40.3. The molecule has 0 aromatic carbocycles. The first-order valence-corrected chi connectivity index (χ1v) is 4.79. The number of nitrogens with zero attached hydrogens (tertiary/aromatic N) is 1. The van der Waals surface area contributed by atoms with Crippen molar-refractivity contribution in [3.63, 3.8) is 0 Å². The molecule has 0 aliphatic rings. The van der Waals surface area contributed by atoms with Crippen LogP contribution in [0.25, 0.3) is 0 Å². The van der Waals surface area contributed by atoms with Crippen molar-refractivity contribution in [2.45, 2.75) is 25.7 Å². The molecule has 0 saturated carbocycles. The Hall–Kier alpha value is -1.14. The number of ether oxygens (including phenoxy) is 1. The molecule has 6 heteroatoms. The largest absolute Gasteiger partial charge is 0.391 e. The number of hydrogen-bond donors (Lipinski definition) is 1. The maximum absolute atomic E-state index is 11.8. The second-order valence-corrected chi connectivity index (χ2v) is 3.28. The van der Waals surface area contributed by atoms with Crippen molar-refractivity contribution in [2.24, 2.45) is 5.73 Å². The smallest absolute Gasteiger partial charge is 0.376 e. The first-order valence-electron chi connectivity index (χ1n) is 4.79. The number of alkyl halides is 3. The van der Waals surface area contributed by atoms with E-state index in [1.54, 1.807) is 18.3 Å². The highest BCUT2D eigenvalue weighted by atomic mass is 19.4. The third-order valence-corrected chi connectivity index (χ3v) is 1.89. The number of nitrogens with two attached hydrogens (primary N) is 1. The molecule has 2 N–H and O–H groups in total. The summed E-state index contributed by atoms with van der Waals surface area (Å²) in [6, 6.07) is 3.40. The molecule has 0 aliphatic carbocycles. The van der Waals surface area contributed by atoms with Crippen molar-refractivity contribution in [1.82, 2.24) is 4.98 Å². The Kier molecular flexibility index (Phi) is 4.70. The van der Waals surface area contributed by atoms with Gasteiger partial charge in [0.2, 0.25) is 0 Å². The topological polar surface area (TPSA) is 48.1 Å². The van der Waals surface area contributed by atoms with Crippen molar-refractivity contribution in [3.8, 4) is 0 Å². The van der Waals surface area contributed by atoms with Gasteiger partial charge in [0.15, 0.2) is 0 Å². The maximum atomic E-state index is 11.8. The zero-order chi connectivity index (χ0) is 12.0. The monoisotopic (exact) mass is 234 g/mol. The molecule has 0 aliphatic heterocycles. The summed E-state index contributed by atoms with van der Waals surface area (Å²) in [7, 11) is 0. The molecule has 1 rings (SSSR count). The lowest BCUT2D eigenvalue weighted by Crippen LogP contribution is -2.11. The fraction of sp³-hybridized carbons (Fsp3) is 0.500. The molecule has 0 spiro atoms. The van der Waals surface area contributed by atoms with Gasteiger partial charge in [0.1, 0.15) is 0 Å². The van der Waals surface area contributed by atoms with Gasteiger partial charge in [-0.25, -0.2) is 0 Å². The summed E-state index contributed by atoms with van der Waals surface area (Å²) in [5, 5.41) is 0. The molecule has 1 aromatic rings.